The third kappa shape index (κ3) is 3.79. The molecular formula is C28H46O2. The minimum atomic E-state index is 0.120. The van der Waals surface area contributed by atoms with E-state index in [4.69, 9.17) is 4.74 Å². The Bertz CT molecular complexity index is 651. The molecule has 0 unspecified atom stereocenters. The van der Waals surface area contributed by atoms with Gasteiger partial charge in [-0.25, -0.2) is 0 Å². The zero-order valence-corrected chi connectivity index (χ0v) is 20.3. The molecule has 170 valence electrons. The van der Waals surface area contributed by atoms with Crippen molar-refractivity contribution in [2.24, 2.45) is 46.3 Å². The summed E-state index contributed by atoms with van der Waals surface area (Å²) in [7, 11) is 0. The van der Waals surface area contributed by atoms with Crippen LogP contribution in [0.2, 0.25) is 0 Å². The quantitative estimate of drug-likeness (QED) is 0.317. The maximum absolute atomic E-state index is 10.8. The normalized spacial score (nSPS) is 43.9. The first kappa shape index (κ1) is 22.4. The van der Waals surface area contributed by atoms with Crippen LogP contribution in [0, 0.1) is 46.3 Å². The van der Waals surface area contributed by atoms with Crippen LogP contribution in [0.5, 0.6) is 0 Å². The number of carbonyl (C=O) groups excluding carboxylic acids is 1. The monoisotopic (exact) mass is 414 g/mol. The summed E-state index contributed by atoms with van der Waals surface area (Å²) in [5, 5.41) is 0. The summed E-state index contributed by atoms with van der Waals surface area (Å²) in [4.78, 5) is 10.8. The summed E-state index contributed by atoms with van der Waals surface area (Å²) in [5.41, 5.74) is 2.54. The van der Waals surface area contributed by atoms with Crippen LogP contribution >= 0.6 is 0 Å². The predicted molar refractivity (Wildman–Crippen MR) is 124 cm³/mol. The van der Waals surface area contributed by atoms with Crippen LogP contribution in [0.25, 0.3) is 0 Å². The second-order valence-corrected chi connectivity index (χ2v) is 12.4. The molecule has 3 fully saturated rings. The number of hydrogen-bond acceptors (Lipinski definition) is 2. The largest absolute Gasteiger partial charge is 0.464 e. The molecule has 0 bridgehead atoms. The highest BCUT2D eigenvalue weighted by molar-refractivity contribution is 5.38. The van der Waals surface area contributed by atoms with E-state index in [2.05, 4.69) is 40.7 Å². The Morgan fingerprint density at radius 1 is 1.07 bits per heavy atom. The molecule has 8 atom stereocenters. The van der Waals surface area contributed by atoms with Gasteiger partial charge in [-0.05, 0) is 91.3 Å². The van der Waals surface area contributed by atoms with E-state index < -0.39 is 0 Å². The molecule has 0 amide bonds. The molecule has 0 radical (unpaired) electrons. The van der Waals surface area contributed by atoms with Gasteiger partial charge in [-0.3, -0.25) is 4.79 Å². The van der Waals surface area contributed by atoms with Gasteiger partial charge in [-0.1, -0.05) is 65.5 Å². The minimum Gasteiger partial charge on any atom is -0.464 e. The summed E-state index contributed by atoms with van der Waals surface area (Å²) in [5.74, 6) is 5.32. The summed E-state index contributed by atoms with van der Waals surface area (Å²) in [6, 6.07) is 0. The molecule has 0 aromatic rings. The maximum atomic E-state index is 10.8. The highest BCUT2D eigenvalue weighted by atomic mass is 16.5. The van der Waals surface area contributed by atoms with Crippen molar-refractivity contribution < 1.29 is 9.53 Å². The Morgan fingerprint density at radius 2 is 1.87 bits per heavy atom. The molecule has 0 aromatic carbocycles. The van der Waals surface area contributed by atoms with Crippen molar-refractivity contribution in [3.63, 3.8) is 0 Å². The average Bonchev–Trinajstić information content (AvgIpc) is 3.05. The number of fused-ring (bicyclic) bond motifs is 5. The fourth-order valence-corrected chi connectivity index (χ4v) is 8.85. The number of hydrogen-bond donors (Lipinski definition) is 0. The Kier molecular flexibility index (Phi) is 6.44. The third-order valence-electron chi connectivity index (χ3n) is 10.5. The minimum absolute atomic E-state index is 0.120. The van der Waals surface area contributed by atoms with Gasteiger partial charge in [-0.2, -0.15) is 0 Å². The SMILES string of the molecule is CC(C)CCC[C@H](C)[C@@H]1CC[C@H]2[C@@H]3CC=C4C[C@H](OC=O)CC[C@]4(C)[C@H]3CC[C@@]21C. The van der Waals surface area contributed by atoms with Gasteiger partial charge in [0.05, 0.1) is 0 Å². The lowest BCUT2D eigenvalue weighted by Crippen LogP contribution is -2.51. The van der Waals surface area contributed by atoms with E-state index in [-0.39, 0.29) is 6.10 Å². The molecule has 2 heteroatoms. The van der Waals surface area contributed by atoms with E-state index in [1.165, 1.54) is 57.8 Å². The van der Waals surface area contributed by atoms with E-state index >= 15 is 0 Å². The first-order chi connectivity index (χ1) is 14.3. The molecule has 0 heterocycles. The van der Waals surface area contributed by atoms with Gasteiger partial charge in [0.25, 0.3) is 6.47 Å². The highest BCUT2D eigenvalue weighted by Crippen LogP contribution is 2.67. The third-order valence-corrected chi connectivity index (χ3v) is 10.5. The van der Waals surface area contributed by atoms with E-state index in [0.29, 0.717) is 17.3 Å². The van der Waals surface area contributed by atoms with Gasteiger partial charge in [-0.15, -0.1) is 0 Å². The maximum Gasteiger partial charge on any atom is 0.293 e. The zero-order chi connectivity index (χ0) is 21.5. The molecular weight excluding hydrogens is 368 g/mol. The topological polar surface area (TPSA) is 26.3 Å². The number of ether oxygens (including phenoxy) is 1. The first-order valence-electron chi connectivity index (χ1n) is 13.1. The molecule has 4 aliphatic carbocycles. The van der Waals surface area contributed by atoms with Crippen LogP contribution in [-0.4, -0.2) is 12.6 Å². The van der Waals surface area contributed by atoms with Crippen molar-refractivity contribution in [1.82, 2.24) is 0 Å². The molecule has 0 spiro atoms. The summed E-state index contributed by atoms with van der Waals surface area (Å²) in [6.07, 6.45) is 17.2. The van der Waals surface area contributed by atoms with Crippen molar-refractivity contribution in [3.8, 4) is 0 Å². The second kappa shape index (κ2) is 8.62. The smallest absolute Gasteiger partial charge is 0.293 e. The summed E-state index contributed by atoms with van der Waals surface area (Å²) >= 11 is 0. The summed E-state index contributed by atoms with van der Waals surface area (Å²) < 4.78 is 5.36. The van der Waals surface area contributed by atoms with Crippen molar-refractivity contribution >= 4 is 6.47 Å². The fraction of sp³-hybridized carbons (Fsp3) is 0.893. The molecule has 0 saturated heterocycles. The first-order valence-corrected chi connectivity index (χ1v) is 13.1. The fourth-order valence-electron chi connectivity index (χ4n) is 8.85. The van der Waals surface area contributed by atoms with E-state index in [1.807, 2.05) is 0 Å². The van der Waals surface area contributed by atoms with Crippen molar-refractivity contribution in [2.75, 3.05) is 0 Å². The van der Waals surface area contributed by atoms with Crippen molar-refractivity contribution in [2.45, 2.75) is 111 Å². The van der Waals surface area contributed by atoms with Crippen LogP contribution in [-0.2, 0) is 9.53 Å². The lowest BCUT2D eigenvalue weighted by molar-refractivity contribution is -0.136. The Morgan fingerprint density at radius 3 is 2.60 bits per heavy atom. The number of rotatable bonds is 7. The zero-order valence-electron chi connectivity index (χ0n) is 20.3. The van der Waals surface area contributed by atoms with Crippen LogP contribution in [0.15, 0.2) is 11.6 Å². The Labute approximate surface area is 185 Å². The van der Waals surface area contributed by atoms with Crippen molar-refractivity contribution in [3.05, 3.63) is 11.6 Å². The van der Waals surface area contributed by atoms with E-state index in [9.17, 15) is 4.79 Å². The molecule has 3 saturated carbocycles. The van der Waals surface area contributed by atoms with Gasteiger partial charge in [0.1, 0.15) is 6.10 Å². The molecule has 0 aromatic heterocycles. The molecule has 0 N–H and O–H groups in total. The average molecular weight is 415 g/mol. The second-order valence-electron chi connectivity index (χ2n) is 12.4. The van der Waals surface area contributed by atoms with Crippen molar-refractivity contribution in [1.29, 1.82) is 0 Å². The molecule has 30 heavy (non-hydrogen) atoms. The van der Waals surface area contributed by atoms with E-state index in [1.54, 1.807) is 5.57 Å². The predicted octanol–water partition coefficient (Wildman–Crippen LogP) is 7.57. The Hall–Kier alpha value is -0.790. The Balaban J connectivity index is 1.47. The summed E-state index contributed by atoms with van der Waals surface area (Å²) in [6.45, 7) is 13.2. The molecule has 4 aliphatic rings. The van der Waals surface area contributed by atoms with Crippen LogP contribution in [0.3, 0.4) is 0 Å². The van der Waals surface area contributed by atoms with Gasteiger partial charge in [0, 0.05) is 6.42 Å². The van der Waals surface area contributed by atoms with Crippen LogP contribution in [0.4, 0.5) is 0 Å². The lowest BCUT2D eigenvalue weighted by atomic mass is 9.47. The number of carbonyl (C=O) groups is 1. The highest BCUT2D eigenvalue weighted by Gasteiger charge is 2.59. The van der Waals surface area contributed by atoms with Gasteiger partial charge >= 0.3 is 0 Å². The molecule has 2 nitrogen and oxygen atoms in total. The van der Waals surface area contributed by atoms with Crippen LogP contribution < -0.4 is 0 Å². The van der Waals surface area contributed by atoms with Gasteiger partial charge in [0.2, 0.25) is 0 Å². The van der Waals surface area contributed by atoms with Gasteiger partial charge in [0.15, 0.2) is 0 Å². The molecule has 0 aliphatic heterocycles. The molecule has 4 rings (SSSR count). The van der Waals surface area contributed by atoms with Gasteiger partial charge < -0.3 is 4.74 Å². The van der Waals surface area contributed by atoms with E-state index in [0.717, 1.165) is 48.3 Å². The number of allylic oxidation sites excluding steroid dienone is 1. The lowest BCUT2D eigenvalue weighted by Gasteiger charge is -2.58. The van der Waals surface area contributed by atoms with Crippen LogP contribution in [0.1, 0.15) is 105 Å². The standard InChI is InChI=1S/C28H46O2/c1-19(2)7-6-8-20(3)24-11-12-25-23-10-9-21-17-22(30-18-29)13-15-27(21,4)26(23)14-16-28(24,25)5/h9,18-20,22-26H,6-8,10-17H2,1-5H3/t20-,22+,23-,24-,25-,26-,27-,28+/m0/s1.